The monoisotopic (exact) mass is 170 g/mol. The van der Waals surface area contributed by atoms with E-state index in [4.69, 9.17) is 0 Å². The molecule has 72 valence electrons. The van der Waals surface area contributed by atoms with Gasteiger partial charge in [-0.15, -0.1) is 0 Å². The molecule has 1 N–H and O–H groups in total. The Morgan fingerprint density at radius 3 is 2.25 bits per heavy atom. The number of aliphatic hydroxyl groups excluding tert-OH is 1. The van der Waals surface area contributed by atoms with Crippen molar-refractivity contribution in [3.63, 3.8) is 0 Å². The lowest BCUT2D eigenvalue weighted by Gasteiger charge is -2.22. The molecule has 1 unspecified atom stereocenters. The van der Waals surface area contributed by atoms with Crippen LogP contribution in [0.1, 0.15) is 47.0 Å². The Morgan fingerprint density at radius 1 is 1.42 bits per heavy atom. The molecule has 1 nitrogen and oxygen atoms in total. The Balaban J connectivity index is 3.74. The standard InChI is InChI=1S/C11H22O/c1-6-9(2)7-10(12)8-11(3,4)5/h10,12H,2,6-8H2,1,3-5H3. The van der Waals surface area contributed by atoms with E-state index in [1.165, 1.54) is 0 Å². The van der Waals surface area contributed by atoms with Gasteiger partial charge in [-0.2, -0.15) is 0 Å². The van der Waals surface area contributed by atoms with Crippen molar-refractivity contribution in [2.45, 2.75) is 53.1 Å². The van der Waals surface area contributed by atoms with E-state index in [0.717, 1.165) is 24.8 Å². The molecule has 0 aromatic rings. The first-order valence-electron chi connectivity index (χ1n) is 4.70. The highest BCUT2D eigenvalue weighted by atomic mass is 16.3. The smallest absolute Gasteiger partial charge is 0.0582 e. The fraction of sp³-hybridized carbons (Fsp3) is 0.818. The van der Waals surface area contributed by atoms with Crippen LogP contribution in [-0.2, 0) is 0 Å². The number of aliphatic hydroxyl groups is 1. The van der Waals surface area contributed by atoms with Gasteiger partial charge in [0, 0.05) is 0 Å². The molecule has 0 aliphatic rings. The Morgan fingerprint density at radius 2 is 1.92 bits per heavy atom. The zero-order valence-corrected chi connectivity index (χ0v) is 8.85. The Labute approximate surface area is 76.5 Å². The largest absolute Gasteiger partial charge is 0.393 e. The molecule has 0 aromatic heterocycles. The zero-order chi connectivity index (χ0) is 9.78. The van der Waals surface area contributed by atoms with E-state index < -0.39 is 0 Å². The van der Waals surface area contributed by atoms with Crippen LogP contribution in [0.25, 0.3) is 0 Å². The normalized spacial score (nSPS) is 14.4. The summed E-state index contributed by atoms with van der Waals surface area (Å²) in [6.07, 6.45) is 2.37. The van der Waals surface area contributed by atoms with E-state index in [1.54, 1.807) is 0 Å². The van der Waals surface area contributed by atoms with Crippen molar-refractivity contribution in [3.05, 3.63) is 12.2 Å². The lowest BCUT2D eigenvalue weighted by molar-refractivity contribution is 0.121. The molecule has 0 saturated heterocycles. The van der Waals surface area contributed by atoms with Crippen molar-refractivity contribution in [2.75, 3.05) is 0 Å². The van der Waals surface area contributed by atoms with Crippen molar-refractivity contribution in [2.24, 2.45) is 5.41 Å². The summed E-state index contributed by atoms with van der Waals surface area (Å²) in [5, 5.41) is 9.63. The molecule has 0 bridgehead atoms. The first-order valence-corrected chi connectivity index (χ1v) is 4.70. The van der Waals surface area contributed by atoms with Gasteiger partial charge in [0.25, 0.3) is 0 Å². The van der Waals surface area contributed by atoms with Gasteiger partial charge in [0.05, 0.1) is 6.10 Å². The Bertz CT molecular complexity index is 142. The fourth-order valence-electron chi connectivity index (χ4n) is 1.26. The second kappa shape index (κ2) is 4.66. The molecule has 0 aromatic carbocycles. The van der Waals surface area contributed by atoms with Crippen molar-refractivity contribution in [1.82, 2.24) is 0 Å². The highest BCUT2D eigenvalue weighted by molar-refractivity contribution is 4.95. The maximum atomic E-state index is 9.63. The summed E-state index contributed by atoms with van der Waals surface area (Å²) >= 11 is 0. The van der Waals surface area contributed by atoms with Gasteiger partial charge >= 0.3 is 0 Å². The van der Waals surface area contributed by atoms with Crippen LogP contribution in [0.4, 0.5) is 0 Å². The highest BCUT2D eigenvalue weighted by Crippen LogP contribution is 2.23. The van der Waals surface area contributed by atoms with E-state index in [2.05, 4.69) is 34.3 Å². The van der Waals surface area contributed by atoms with Gasteiger partial charge in [0.2, 0.25) is 0 Å². The molecule has 12 heavy (non-hydrogen) atoms. The van der Waals surface area contributed by atoms with Gasteiger partial charge in [-0.05, 0) is 24.7 Å². The topological polar surface area (TPSA) is 20.2 Å². The number of hydrogen-bond acceptors (Lipinski definition) is 1. The van der Waals surface area contributed by atoms with E-state index in [-0.39, 0.29) is 11.5 Å². The van der Waals surface area contributed by atoms with E-state index >= 15 is 0 Å². The molecule has 0 rings (SSSR count). The molecule has 0 aliphatic heterocycles. The van der Waals surface area contributed by atoms with E-state index in [1.807, 2.05) is 0 Å². The minimum Gasteiger partial charge on any atom is -0.393 e. The number of hydrogen-bond donors (Lipinski definition) is 1. The first-order chi connectivity index (χ1) is 5.35. The van der Waals surface area contributed by atoms with Crippen LogP contribution in [0, 0.1) is 5.41 Å². The molecule has 0 fully saturated rings. The van der Waals surface area contributed by atoms with Crippen LogP contribution in [0.3, 0.4) is 0 Å². The molecular weight excluding hydrogens is 148 g/mol. The van der Waals surface area contributed by atoms with Crippen LogP contribution < -0.4 is 0 Å². The number of rotatable bonds is 4. The second-order valence-corrected chi connectivity index (χ2v) is 4.73. The molecule has 1 heteroatoms. The van der Waals surface area contributed by atoms with Crippen molar-refractivity contribution < 1.29 is 5.11 Å². The van der Waals surface area contributed by atoms with Gasteiger partial charge in [-0.25, -0.2) is 0 Å². The highest BCUT2D eigenvalue weighted by Gasteiger charge is 2.16. The first kappa shape index (κ1) is 11.7. The van der Waals surface area contributed by atoms with Crippen molar-refractivity contribution in [3.8, 4) is 0 Å². The SMILES string of the molecule is C=C(CC)CC(O)CC(C)(C)C. The average Bonchev–Trinajstić information content (AvgIpc) is 1.82. The fourth-order valence-corrected chi connectivity index (χ4v) is 1.26. The third kappa shape index (κ3) is 6.41. The second-order valence-electron chi connectivity index (χ2n) is 4.73. The van der Waals surface area contributed by atoms with Crippen LogP contribution in [0.5, 0.6) is 0 Å². The summed E-state index contributed by atoms with van der Waals surface area (Å²) in [4.78, 5) is 0. The van der Waals surface area contributed by atoms with E-state index in [9.17, 15) is 5.11 Å². The maximum absolute atomic E-state index is 9.63. The van der Waals surface area contributed by atoms with Gasteiger partial charge in [-0.3, -0.25) is 0 Å². The molecule has 0 radical (unpaired) electrons. The van der Waals surface area contributed by atoms with E-state index in [0.29, 0.717) is 0 Å². The van der Waals surface area contributed by atoms with Gasteiger partial charge in [0.15, 0.2) is 0 Å². The average molecular weight is 170 g/mol. The minimum atomic E-state index is -0.211. The van der Waals surface area contributed by atoms with Crippen LogP contribution in [0.15, 0.2) is 12.2 Å². The van der Waals surface area contributed by atoms with Gasteiger partial charge in [-0.1, -0.05) is 39.8 Å². The summed E-state index contributed by atoms with van der Waals surface area (Å²) in [5.41, 5.74) is 1.36. The molecule has 1 atom stereocenters. The summed E-state index contributed by atoms with van der Waals surface area (Å²) in [5.74, 6) is 0. The van der Waals surface area contributed by atoms with Crippen molar-refractivity contribution in [1.29, 1.82) is 0 Å². The summed E-state index contributed by atoms with van der Waals surface area (Å²) in [6.45, 7) is 12.4. The maximum Gasteiger partial charge on any atom is 0.0582 e. The third-order valence-electron chi connectivity index (χ3n) is 1.87. The lowest BCUT2D eigenvalue weighted by Crippen LogP contribution is -2.17. The molecule has 0 heterocycles. The quantitative estimate of drug-likeness (QED) is 0.643. The molecular formula is C11H22O. The van der Waals surface area contributed by atoms with Crippen LogP contribution in [-0.4, -0.2) is 11.2 Å². The van der Waals surface area contributed by atoms with Gasteiger partial charge in [0.1, 0.15) is 0 Å². The third-order valence-corrected chi connectivity index (χ3v) is 1.87. The van der Waals surface area contributed by atoms with Crippen molar-refractivity contribution >= 4 is 0 Å². The lowest BCUT2D eigenvalue weighted by atomic mass is 9.87. The van der Waals surface area contributed by atoms with Crippen LogP contribution in [0.2, 0.25) is 0 Å². The molecule has 0 aliphatic carbocycles. The summed E-state index contributed by atoms with van der Waals surface area (Å²) in [7, 11) is 0. The minimum absolute atomic E-state index is 0.211. The summed E-state index contributed by atoms with van der Waals surface area (Å²) < 4.78 is 0. The Hall–Kier alpha value is -0.300. The summed E-state index contributed by atoms with van der Waals surface area (Å²) in [6, 6.07) is 0. The van der Waals surface area contributed by atoms with Gasteiger partial charge < -0.3 is 5.11 Å². The predicted molar refractivity (Wildman–Crippen MR) is 54.1 cm³/mol. The molecule has 0 saturated carbocycles. The zero-order valence-electron chi connectivity index (χ0n) is 8.85. The molecule has 0 amide bonds. The van der Waals surface area contributed by atoms with Crippen LogP contribution >= 0.6 is 0 Å². The molecule has 0 spiro atoms. The predicted octanol–water partition coefficient (Wildman–Crippen LogP) is 3.14. The Kier molecular flexibility index (Phi) is 4.54.